The van der Waals surface area contributed by atoms with Gasteiger partial charge in [0.25, 0.3) is 0 Å². The van der Waals surface area contributed by atoms with Crippen molar-refractivity contribution in [2.45, 2.75) is 19.9 Å². The van der Waals surface area contributed by atoms with Gasteiger partial charge in [0.15, 0.2) is 0 Å². The lowest BCUT2D eigenvalue weighted by molar-refractivity contribution is -0.135. The van der Waals surface area contributed by atoms with Crippen LogP contribution in [-0.2, 0) is 20.9 Å². The molecule has 1 aromatic carbocycles. The van der Waals surface area contributed by atoms with Crippen molar-refractivity contribution < 1.29 is 19.1 Å². The fourth-order valence-corrected chi connectivity index (χ4v) is 2.88. The molecule has 0 saturated carbocycles. The highest BCUT2D eigenvalue weighted by atomic mass is 16.5. The van der Waals surface area contributed by atoms with Crippen molar-refractivity contribution in [2.75, 3.05) is 40.5 Å². The van der Waals surface area contributed by atoms with Gasteiger partial charge in [-0.15, -0.1) is 0 Å². The second-order valence-corrected chi connectivity index (χ2v) is 6.00. The van der Waals surface area contributed by atoms with Crippen LogP contribution in [0.5, 0.6) is 5.75 Å². The van der Waals surface area contributed by atoms with Crippen molar-refractivity contribution in [3.8, 4) is 5.75 Å². The zero-order chi connectivity index (χ0) is 17.5. The summed E-state index contributed by atoms with van der Waals surface area (Å²) in [6.45, 7) is 4.62. The van der Waals surface area contributed by atoms with Gasteiger partial charge in [-0.1, -0.05) is 12.1 Å². The third-order valence-corrected chi connectivity index (χ3v) is 4.16. The predicted molar refractivity (Wildman–Crippen MR) is 90.6 cm³/mol. The SMILES string of the molecule is CCOc1ccc(CN(C)C(=O)[C@@H]2CC(=O)N(CCOC)C2)cc1. The molecule has 132 valence electrons. The van der Waals surface area contributed by atoms with Gasteiger partial charge in [0, 0.05) is 40.2 Å². The fourth-order valence-electron chi connectivity index (χ4n) is 2.88. The number of rotatable bonds is 8. The highest BCUT2D eigenvalue weighted by Gasteiger charge is 2.35. The van der Waals surface area contributed by atoms with Crippen LogP contribution < -0.4 is 4.74 Å². The Morgan fingerprint density at radius 1 is 1.33 bits per heavy atom. The number of ether oxygens (including phenoxy) is 2. The minimum Gasteiger partial charge on any atom is -0.494 e. The van der Waals surface area contributed by atoms with E-state index in [1.807, 2.05) is 31.2 Å². The lowest BCUT2D eigenvalue weighted by Gasteiger charge is -2.21. The molecule has 1 saturated heterocycles. The molecule has 6 nitrogen and oxygen atoms in total. The molecular weight excluding hydrogens is 308 g/mol. The Hall–Kier alpha value is -2.08. The van der Waals surface area contributed by atoms with Gasteiger partial charge in [-0.3, -0.25) is 9.59 Å². The summed E-state index contributed by atoms with van der Waals surface area (Å²) in [5, 5.41) is 0. The third-order valence-electron chi connectivity index (χ3n) is 4.16. The molecule has 6 heteroatoms. The second-order valence-electron chi connectivity index (χ2n) is 6.00. The maximum atomic E-state index is 12.6. The highest BCUT2D eigenvalue weighted by molar-refractivity contribution is 5.89. The van der Waals surface area contributed by atoms with Crippen molar-refractivity contribution in [2.24, 2.45) is 5.92 Å². The van der Waals surface area contributed by atoms with Crippen LogP contribution in [0.25, 0.3) is 0 Å². The normalized spacial score (nSPS) is 17.2. The molecule has 1 heterocycles. The lowest BCUT2D eigenvalue weighted by Crippen LogP contribution is -2.35. The van der Waals surface area contributed by atoms with E-state index < -0.39 is 0 Å². The molecule has 1 aliphatic rings. The Morgan fingerprint density at radius 3 is 2.67 bits per heavy atom. The standard InChI is InChI=1S/C18H26N2O4/c1-4-24-16-7-5-14(6-8-16)12-19(2)18(22)15-11-17(21)20(13-15)9-10-23-3/h5-8,15H,4,9-13H2,1-3H3/t15-/m1/s1. The third kappa shape index (κ3) is 4.71. The largest absolute Gasteiger partial charge is 0.494 e. The number of hydrogen-bond donors (Lipinski definition) is 0. The molecular formula is C18H26N2O4. The first-order valence-corrected chi connectivity index (χ1v) is 8.28. The minimum atomic E-state index is -0.262. The van der Waals surface area contributed by atoms with Gasteiger partial charge in [0.1, 0.15) is 5.75 Å². The first-order chi connectivity index (χ1) is 11.5. The first kappa shape index (κ1) is 18.3. The highest BCUT2D eigenvalue weighted by Crippen LogP contribution is 2.21. The quantitative estimate of drug-likeness (QED) is 0.723. The van der Waals surface area contributed by atoms with Gasteiger partial charge in [-0.05, 0) is 24.6 Å². The maximum absolute atomic E-state index is 12.6. The van der Waals surface area contributed by atoms with Crippen molar-refractivity contribution in [3.05, 3.63) is 29.8 Å². The molecule has 2 amide bonds. The Bertz CT molecular complexity index is 559. The van der Waals surface area contributed by atoms with Crippen LogP contribution in [0.15, 0.2) is 24.3 Å². The van der Waals surface area contributed by atoms with Crippen LogP contribution >= 0.6 is 0 Å². The summed E-state index contributed by atoms with van der Waals surface area (Å²) in [5.74, 6) is 0.601. The number of nitrogens with zero attached hydrogens (tertiary/aromatic N) is 2. The van der Waals surface area contributed by atoms with E-state index in [0.717, 1.165) is 11.3 Å². The maximum Gasteiger partial charge on any atom is 0.228 e. The average Bonchev–Trinajstić information content (AvgIpc) is 2.95. The fraction of sp³-hybridized carbons (Fsp3) is 0.556. The van der Waals surface area contributed by atoms with E-state index in [4.69, 9.17) is 9.47 Å². The van der Waals surface area contributed by atoms with Gasteiger partial charge >= 0.3 is 0 Å². The van der Waals surface area contributed by atoms with Crippen LogP contribution in [0.3, 0.4) is 0 Å². The zero-order valence-electron chi connectivity index (χ0n) is 14.7. The van der Waals surface area contributed by atoms with E-state index >= 15 is 0 Å². The van der Waals surface area contributed by atoms with Crippen LogP contribution in [-0.4, -0.2) is 62.1 Å². The summed E-state index contributed by atoms with van der Waals surface area (Å²) in [6, 6.07) is 7.73. The first-order valence-electron chi connectivity index (χ1n) is 8.28. The van der Waals surface area contributed by atoms with Gasteiger partial charge in [0.2, 0.25) is 11.8 Å². The summed E-state index contributed by atoms with van der Waals surface area (Å²) < 4.78 is 10.4. The number of methoxy groups -OCH3 is 1. The summed E-state index contributed by atoms with van der Waals surface area (Å²) in [5.41, 5.74) is 1.04. The molecule has 1 atom stereocenters. The summed E-state index contributed by atoms with van der Waals surface area (Å²) in [6.07, 6.45) is 0.288. The van der Waals surface area contributed by atoms with Crippen LogP contribution in [0, 0.1) is 5.92 Å². The number of benzene rings is 1. The van der Waals surface area contributed by atoms with Crippen molar-refractivity contribution in [1.82, 2.24) is 9.80 Å². The molecule has 1 aliphatic heterocycles. The Morgan fingerprint density at radius 2 is 2.04 bits per heavy atom. The van der Waals surface area contributed by atoms with E-state index in [-0.39, 0.29) is 24.2 Å². The number of carbonyl (C=O) groups excluding carboxylic acids is 2. The van der Waals surface area contributed by atoms with Gasteiger partial charge in [-0.2, -0.15) is 0 Å². The number of likely N-dealkylation sites (tertiary alicyclic amines) is 1. The second kappa shape index (κ2) is 8.68. The van der Waals surface area contributed by atoms with Crippen molar-refractivity contribution in [3.63, 3.8) is 0 Å². The molecule has 0 spiro atoms. The van der Waals surface area contributed by atoms with E-state index in [9.17, 15) is 9.59 Å². The topological polar surface area (TPSA) is 59.1 Å². The zero-order valence-corrected chi connectivity index (χ0v) is 14.7. The molecule has 0 bridgehead atoms. The van der Waals surface area contributed by atoms with Crippen molar-refractivity contribution in [1.29, 1.82) is 0 Å². The molecule has 1 fully saturated rings. The molecule has 0 radical (unpaired) electrons. The van der Waals surface area contributed by atoms with E-state index in [1.54, 1.807) is 24.0 Å². The summed E-state index contributed by atoms with van der Waals surface area (Å²) in [7, 11) is 3.38. The van der Waals surface area contributed by atoms with Crippen LogP contribution in [0.4, 0.5) is 0 Å². The average molecular weight is 334 g/mol. The van der Waals surface area contributed by atoms with Crippen LogP contribution in [0.2, 0.25) is 0 Å². The predicted octanol–water partition coefficient (Wildman–Crippen LogP) is 1.54. The van der Waals surface area contributed by atoms with Crippen molar-refractivity contribution >= 4 is 11.8 Å². The Balaban J connectivity index is 1.89. The van der Waals surface area contributed by atoms with E-state index in [0.29, 0.717) is 32.8 Å². The summed E-state index contributed by atoms with van der Waals surface area (Å²) in [4.78, 5) is 27.9. The lowest BCUT2D eigenvalue weighted by atomic mass is 10.1. The number of carbonyl (C=O) groups is 2. The Labute approximate surface area is 143 Å². The molecule has 0 aromatic heterocycles. The molecule has 1 aromatic rings. The molecule has 2 rings (SSSR count). The smallest absolute Gasteiger partial charge is 0.228 e. The molecule has 24 heavy (non-hydrogen) atoms. The van der Waals surface area contributed by atoms with E-state index in [2.05, 4.69) is 0 Å². The number of hydrogen-bond acceptors (Lipinski definition) is 4. The monoisotopic (exact) mass is 334 g/mol. The number of amides is 2. The van der Waals surface area contributed by atoms with Crippen LogP contribution in [0.1, 0.15) is 18.9 Å². The molecule has 0 N–H and O–H groups in total. The van der Waals surface area contributed by atoms with Gasteiger partial charge in [0.05, 0.1) is 19.1 Å². The molecule has 0 aliphatic carbocycles. The summed E-state index contributed by atoms with van der Waals surface area (Å²) >= 11 is 0. The van der Waals surface area contributed by atoms with Gasteiger partial charge in [-0.25, -0.2) is 0 Å². The minimum absolute atomic E-state index is 0.0113. The van der Waals surface area contributed by atoms with E-state index in [1.165, 1.54) is 0 Å². The van der Waals surface area contributed by atoms with Gasteiger partial charge < -0.3 is 19.3 Å². The Kier molecular flexibility index (Phi) is 6.61. The molecule has 0 unspecified atom stereocenters.